The minimum atomic E-state index is -4.51. The summed E-state index contributed by atoms with van der Waals surface area (Å²) >= 11 is 0. The number of amides is 1. The van der Waals surface area contributed by atoms with E-state index in [1.165, 1.54) is 23.1 Å². The van der Waals surface area contributed by atoms with E-state index >= 15 is 0 Å². The summed E-state index contributed by atoms with van der Waals surface area (Å²) in [4.78, 5) is 15.9. The van der Waals surface area contributed by atoms with Gasteiger partial charge in [0.25, 0.3) is 5.91 Å². The summed E-state index contributed by atoms with van der Waals surface area (Å²) in [7, 11) is 0. The van der Waals surface area contributed by atoms with Gasteiger partial charge in [-0.2, -0.15) is 18.4 Å². The third kappa shape index (κ3) is 4.74. The van der Waals surface area contributed by atoms with Crippen molar-refractivity contribution in [2.45, 2.75) is 6.18 Å². The van der Waals surface area contributed by atoms with Crippen LogP contribution in [0, 0.1) is 17.1 Å². The zero-order chi connectivity index (χ0) is 21.0. The SMILES string of the molecule is N#C/C(=C\c1cccc(C(F)(F)F)c1)C(=O)N1CCN(c2ccccc2F)CC1. The van der Waals surface area contributed by atoms with E-state index in [0.29, 0.717) is 18.8 Å². The molecule has 1 fully saturated rings. The maximum absolute atomic E-state index is 13.9. The molecule has 1 heterocycles. The molecule has 2 aromatic rings. The van der Waals surface area contributed by atoms with Gasteiger partial charge in [0.1, 0.15) is 17.5 Å². The van der Waals surface area contributed by atoms with E-state index in [-0.39, 0.29) is 30.0 Å². The number of nitriles is 1. The molecular weight excluding hydrogens is 386 g/mol. The summed E-state index contributed by atoms with van der Waals surface area (Å²) in [6.45, 7) is 1.31. The van der Waals surface area contributed by atoms with Crippen LogP contribution in [0.1, 0.15) is 11.1 Å². The van der Waals surface area contributed by atoms with Crippen molar-refractivity contribution in [3.63, 3.8) is 0 Å². The van der Waals surface area contributed by atoms with E-state index in [4.69, 9.17) is 0 Å². The molecule has 0 N–H and O–H groups in total. The molecule has 2 aromatic carbocycles. The summed E-state index contributed by atoms with van der Waals surface area (Å²) in [5.41, 5.74) is -0.535. The fraction of sp³-hybridized carbons (Fsp3) is 0.238. The molecule has 0 spiro atoms. The van der Waals surface area contributed by atoms with Crippen LogP contribution in [0.4, 0.5) is 23.2 Å². The Labute approximate surface area is 165 Å². The summed E-state index contributed by atoms with van der Waals surface area (Å²) in [6.07, 6.45) is -3.36. The normalized spacial score (nSPS) is 15.2. The molecule has 29 heavy (non-hydrogen) atoms. The lowest BCUT2D eigenvalue weighted by molar-refractivity contribution is -0.137. The molecule has 3 rings (SSSR count). The van der Waals surface area contributed by atoms with Crippen molar-refractivity contribution in [1.29, 1.82) is 5.26 Å². The predicted molar refractivity (Wildman–Crippen MR) is 100 cm³/mol. The first-order valence-electron chi connectivity index (χ1n) is 8.87. The van der Waals surface area contributed by atoms with E-state index < -0.39 is 17.6 Å². The molecule has 150 valence electrons. The molecule has 1 saturated heterocycles. The lowest BCUT2D eigenvalue weighted by Gasteiger charge is -2.36. The highest BCUT2D eigenvalue weighted by molar-refractivity contribution is 6.01. The van der Waals surface area contributed by atoms with Crippen LogP contribution < -0.4 is 4.90 Å². The second-order valence-electron chi connectivity index (χ2n) is 6.52. The Balaban J connectivity index is 1.72. The molecule has 4 nitrogen and oxygen atoms in total. The molecule has 0 radical (unpaired) electrons. The van der Waals surface area contributed by atoms with Gasteiger partial charge in [-0.05, 0) is 35.9 Å². The molecule has 0 saturated carbocycles. The molecule has 0 bridgehead atoms. The fourth-order valence-electron chi connectivity index (χ4n) is 3.14. The number of piperazine rings is 1. The number of carbonyl (C=O) groups is 1. The lowest BCUT2D eigenvalue weighted by Crippen LogP contribution is -2.49. The van der Waals surface area contributed by atoms with Gasteiger partial charge < -0.3 is 9.80 Å². The number of carbonyl (C=O) groups excluding carboxylic acids is 1. The summed E-state index contributed by atoms with van der Waals surface area (Å²) < 4.78 is 52.5. The Morgan fingerprint density at radius 3 is 2.34 bits per heavy atom. The van der Waals surface area contributed by atoms with Gasteiger partial charge in [0.05, 0.1) is 11.3 Å². The molecule has 0 unspecified atom stereocenters. The van der Waals surface area contributed by atoms with Gasteiger partial charge in [0.2, 0.25) is 0 Å². The highest BCUT2D eigenvalue weighted by Gasteiger charge is 2.30. The number of nitrogens with zero attached hydrogens (tertiary/aromatic N) is 3. The standard InChI is InChI=1S/C21H17F4N3O/c22-18-6-1-2-7-19(18)27-8-10-28(11-9-27)20(29)16(14-26)12-15-4-3-5-17(13-15)21(23,24)25/h1-7,12-13H,8-11H2/b16-12+. The van der Waals surface area contributed by atoms with E-state index in [0.717, 1.165) is 18.2 Å². The monoisotopic (exact) mass is 403 g/mol. The van der Waals surface area contributed by atoms with Gasteiger partial charge in [-0.15, -0.1) is 0 Å². The van der Waals surface area contributed by atoms with Gasteiger partial charge in [-0.1, -0.05) is 24.3 Å². The fourth-order valence-corrected chi connectivity index (χ4v) is 3.14. The Morgan fingerprint density at radius 2 is 1.72 bits per heavy atom. The third-order valence-corrected chi connectivity index (χ3v) is 4.64. The minimum Gasteiger partial charge on any atom is -0.366 e. The number of para-hydroxylation sites is 1. The smallest absolute Gasteiger partial charge is 0.366 e. The number of alkyl halides is 3. The molecule has 8 heteroatoms. The van der Waals surface area contributed by atoms with Crippen LogP contribution in [-0.2, 0) is 11.0 Å². The van der Waals surface area contributed by atoms with Gasteiger partial charge in [0.15, 0.2) is 0 Å². The van der Waals surface area contributed by atoms with Crippen LogP contribution in [0.5, 0.6) is 0 Å². The quantitative estimate of drug-likeness (QED) is 0.440. The summed E-state index contributed by atoms with van der Waals surface area (Å²) in [5.74, 6) is -0.910. The number of hydrogen-bond donors (Lipinski definition) is 0. The number of benzene rings is 2. The van der Waals surface area contributed by atoms with Crippen LogP contribution in [0.15, 0.2) is 54.1 Å². The lowest BCUT2D eigenvalue weighted by atomic mass is 10.1. The zero-order valence-corrected chi connectivity index (χ0v) is 15.3. The van der Waals surface area contributed by atoms with E-state index in [9.17, 15) is 27.6 Å². The van der Waals surface area contributed by atoms with Gasteiger partial charge in [0, 0.05) is 26.2 Å². The average Bonchev–Trinajstić information content (AvgIpc) is 2.72. The van der Waals surface area contributed by atoms with Crippen molar-refractivity contribution in [2.24, 2.45) is 0 Å². The van der Waals surface area contributed by atoms with Crippen molar-refractivity contribution >= 4 is 17.7 Å². The van der Waals surface area contributed by atoms with Crippen molar-refractivity contribution in [1.82, 2.24) is 4.90 Å². The Bertz CT molecular complexity index is 970. The molecular formula is C21H17F4N3O. The first-order chi connectivity index (χ1) is 13.8. The Hall–Kier alpha value is -3.34. The van der Waals surface area contributed by atoms with E-state index in [2.05, 4.69) is 0 Å². The van der Waals surface area contributed by atoms with Gasteiger partial charge >= 0.3 is 6.18 Å². The second-order valence-corrected chi connectivity index (χ2v) is 6.52. The van der Waals surface area contributed by atoms with E-state index in [1.807, 2.05) is 4.90 Å². The Kier molecular flexibility index (Phi) is 5.87. The average molecular weight is 403 g/mol. The van der Waals surface area contributed by atoms with Crippen LogP contribution in [-0.4, -0.2) is 37.0 Å². The zero-order valence-electron chi connectivity index (χ0n) is 15.3. The molecule has 1 aliphatic rings. The third-order valence-electron chi connectivity index (χ3n) is 4.64. The predicted octanol–water partition coefficient (Wildman–Crippen LogP) is 4.10. The number of rotatable bonds is 3. The van der Waals surface area contributed by atoms with Crippen molar-refractivity contribution in [3.8, 4) is 6.07 Å². The van der Waals surface area contributed by atoms with Crippen LogP contribution in [0.3, 0.4) is 0 Å². The first-order valence-corrected chi connectivity index (χ1v) is 8.87. The van der Waals surface area contributed by atoms with Crippen LogP contribution >= 0.6 is 0 Å². The molecule has 1 amide bonds. The maximum Gasteiger partial charge on any atom is 0.416 e. The number of hydrogen-bond acceptors (Lipinski definition) is 3. The maximum atomic E-state index is 13.9. The van der Waals surface area contributed by atoms with Crippen molar-refractivity contribution < 1.29 is 22.4 Å². The highest BCUT2D eigenvalue weighted by Crippen LogP contribution is 2.30. The first kappa shape index (κ1) is 20.4. The van der Waals surface area contributed by atoms with Gasteiger partial charge in [-0.3, -0.25) is 4.79 Å². The van der Waals surface area contributed by atoms with Crippen LogP contribution in [0.2, 0.25) is 0 Å². The summed E-state index contributed by atoms with van der Waals surface area (Å²) in [6, 6.07) is 12.5. The molecule has 0 atom stereocenters. The topological polar surface area (TPSA) is 47.3 Å². The Morgan fingerprint density at radius 1 is 1.03 bits per heavy atom. The van der Waals surface area contributed by atoms with Crippen LogP contribution in [0.25, 0.3) is 6.08 Å². The number of halogens is 4. The molecule has 0 aliphatic carbocycles. The van der Waals surface area contributed by atoms with Gasteiger partial charge in [-0.25, -0.2) is 4.39 Å². The van der Waals surface area contributed by atoms with Crippen molar-refractivity contribution in [3.05, 3.63) is 71.0 Å². The second kappa shape index (κ2) is 8.35. The highest BCUT2D eigenvalue weighted by atomic mass is 19.4. The van der Waals surface area contributed by atoms with E-state index in [1.54, 1.807) is 24.3 Å². The largest absolute Gasteiger partial charge is 0.416 e. The number of anilines is 1. The minimum absolute atomic E-state index is 0.120. The summed E-state index contributed by atoms with van der Waals surface area (Å²) in [5, 5.41) is 9.34. The van der Waals surface area contributed by atoms with Crippen molar-refractivity contribution in [2.75, 3.05) is 31.1 Å². The molecule has 0 aromatic heterocycles. The molecule has 1 aliphatic heterocycles.